The highest BCUT2D eigenvalue weighted by molar-refractivity contribution is 7.90. The van der Waals surface area contributed by atoms with E-state index < -0.39 is 22.0 Å². The summed E-state index contributed by atoms with van der Waals surface area (Å²) in [6.45, 7) is 1.48. The fourth-order valence-electron chi connectivity index (χ4n) is 3.45. The molecule has 0 spiro atoms. The van der Waals surface area contributed by atoms with Crippen LogP contribution < -0.4 is 10.1 Å². The highest BCUT2D eigenvalue weighted by atomic mass is 32.2. The van der Waals surface area contributed by atoms with Gasteiger partial charge >= 0.3 is 12.0 Å². The molecule has 2 fully saturated rings. The summed E-state index contributed by atoms with van der Waals surface area (Å²) < 4.78 is 26.3. The Morgan fingerprint density at radius 2 is 1.67 bits per heavy atom. The average molecular weight is 353 g/mol. The Kier molecular flexibility index (Phi) is 4.46. The number of carbonyl (C=O) groups excluding carboxylic acids is 1. The van der Waals surface area contributed by atoms with E-state index in [1.54, 1.807) is 5.01 Å². The number of carbonyl (C=O) groups is 2. The summed E-state index contributed by atoms with van der Waals surface area (Å²) in [6.07, 6.45) is 3.52. The lowest BCUT2D eigenvalue weighted by atomic mass is 10.0. The first-order valence-corrected chi connectivity index (χ1v) is 9.25. The van der Waals surface area contributed by atoms with E-state index in [2.05, 4.69) is 5.43 Å². The minimum absolute atomic E-state index is 0.0259. The van der Waals surface area contributed by atoms with Crippen molar-refractivity contribution in [3.05, 3.63) is 29.8 Å². The van der Waals surface area contributed by atoms with Crippen LogP contribution >= 0.6 is 0 Å². The fraction of sp³-hybridized carbons (Fsp3) is 0.467. The highest BCUT2D eigenvalue weighted by Crippen LogP contribution is 2.36. The van der Waals surface area contributed by atoms with Gasteiger partial charge in [0.1, 0.15) is 0 Å². The normalized spacial score (nSPS) is 23.7. The Bertz CT molecular complexity index is 735. The number of amides is 2. The number of fused-ring (bicyclic) bond motifs is 1. The minimum Gasteiger partial charge on any atom is -0.478 e. The number of nitrogens with one attached hydrogen (secondary N) is 2. The Morgan fingerprint density at radius 3 is 2.21 bits per heavy atom. The second kappa shape index (κ2) is 6.40. The maximum Gasteiger partial charge on any atom is 0.343 e. The number of hydrogen-bond acceptors (Lipinski definition) is 5. The molecular weight excluding hydrogens is 334 g/mol. The monoisotopic (exact) mass is 353 g/mol. The number of aromatic carboxylic acids is 1. The van der Waals surface area contributed by atoms with Crippen LogP contribution in [0.15, 0.2) is 29.2 Å². The molecule has 2 atom stereocenters. The molecule has 1 aromatic carbocycles. The number of carboxylic acid groups (broad SMARTS) is 1. The molecule has 3 N–H and O–H groups in total. The topological polar surface area (TPSA) is 116 Å². The van der Waals surface area contributed by atoms with Gasteiger partial charge in [0.25, 0.3) is 10.0 Å². The van der Waals surface area contributed by atoms with Crippen LogP contribution in [0.3, 0.4) is 0 Å². The molecule has 1 aromatic rings. The third-order valence-electron chi connectivity index (χ3n) is 4.62. The molecule has 130 valence electrons. The number of hydrazine groups is 1. The van der Waals surface area contributed by atoms with Crippen LogP contribution in [0.5, 0.6) is 0 Å². The van der Waals surface area contributed by atoms with Gasteiger partial charge in [0, 0.05) is 13.1 Å². The number of sulfonamides is 1. The van der Waals surface area contributed by atoms with Gasteiger partial charge in [0.15, 0.2) is 0 Å². The molecule has 0 radical (unpaired) electrons. The van der Waals surface area contributed by atoms with Gasteiger partial charge in [-0.1, -0.05) is 6.42 Å². The first-order chi connectivity index (χ1) is 11.3. The lowest BCUT2D eigenvalue weighted by Crippen LogP contribution is -2.48. The zero-order chi connectivity index (χ0) is 17.3. The van der Waals surface area contributed by atoms with Gasteiger partial charge < -0.3 is 5.11 Å². The van der Waals surface area contributed by atoms with Crippen molar-refractivity contribution in [1.82, 2.24) is 15.2 Å². The standard InChI is InChI=1S/C15H19N3O5S/c19-14(20)10-4-6-13(7-5-10)24(22,23)17-15(21)16-18-8-11-2-1-3-12(11)9-18/h4-7,11-12H,1-3,8-9H2,(H,19,20)(H2,16,17,21). The van der Waals surface area contributed by atoms with Crippen LogP contribution in [0.4, 0.5) is 4.79 Å². The van der Waals surface area contributed by atoms with Crippen molar-refractivity contribution >= 4 is 22.0 Å². The molecule has 24 heavy (non-hydrogen) atoms. The first kappa shape index (κ1) is 16.7. The number of benzene rings is 1. The highest BCUT2D eigenvalue weighted by Gasteiger charge is 2.36. The molecule has 1 aliphatic heterocycles. The van der Waals surface area contributed by atoms with E-state index in [1.165, 1.54) is 18.6 Å². The zero-order valence-electron chi connectivity index (χ0n) is 12.9. The molecule has 8 nitrogen and oxygen atoms in total. The molecule has 1 aliphatic carbocycles. The van der Waals surface area contributed by atoms with Crippen LogP contribution in [0.25, 0.3) is 0 Å². The Hall–Kier alpha value is -2.13. The fourth-order valence-corrected chi connectivity index (χ4v) is 4.35. The number of hydrogen-bond donors (Lipinski definition) is 3. The lowest BCUT2D eigenvalue weighted by Gasteiger charge is -2.18. The number of nitrogens with zero attached hydrogens (tertiary/aromatic N) is 1. The van der Waals surface area contributed by atoms with E-state index in [9.17, 15) is 18.0 Å². The van der Waals surface area contributed by atoms with E-state index in [1.807, 2.05) is 4.72 Å². The van der Waals surface area contributed by atoms with Crippen molar-refractivity contribution in [3.8, 4) is 0 Å². The minimum atomic E-state index is -4.04. The van der Waals surface area contributed by atoms with Crippen molar-refractivity contribution < 1.29 is 23.1 Å². The predicted octanol–water partition coefficient (Wildman–Crippen LogP) is 1.02. The van der Waals surface area contributed by atoms with Crippen molar-refractivity contribution in [2.24, 2.45) is 11.8 Å². The average Bonchev–Trinajstić information content (AvgIpc) is 3.07. The van der Waals surface area contributed by atoms with Crippen LogP contribution in [0.2, 0.25) is 0 Å². The van der Waals surface area contributed by atoms with Crippen LogP contribution in [0, 0.1) is 11.8 Å². The number of rotatable bonds is 4. The Balaban J connectivity index is 1.59. The molecule has 2 amide bonds. The summed E-state index contributed by atoms with van der Waals surface area (Å²) in [5.41, 5.74) is 2.55. The molecule has 2 aliphatic rings. The van der Waals surface area contributed by atoms with Gasteiger partial charge in [-0.25, -0.2) is 27.7 Å². The van der Waals surface area contributed by atoms with Gasteiger partial charge in [-0.15, -0.1) is 0 Å². The summed E-state index contributed by atoms with van der Waals surface area (Å²) in [6, 6.07) is 3.85. The largest absolute Gasteiger partial charge is 0.478 e. The van der Waals surface area contributed by atoms with E-state index in [0.29, 0.717) is 11.8 Å². The van der Waals surface area contributed by atoms with Crippen molar-refractivity contribution in [2.45, 2.75) is 24.2 Å². The smallest absolute Gasteiger partial charge is 0.343 e. The van der Waals surface area contributed by atoms with E-state index in [-0.39, 0.29) is 10.5 Å². The third kappa shape index (κ3) is 3.51. The SMILES string of the molecule is O=C(NN1CC2CCCC2C1)NS(=O)(=O)c1ccc(C(=O)O)cc1. The Morgan fingerprint density at radius 1 is 1.08 bits per heavy atom. The molecule has 0 aromatic heterocycles. The quantitative estimate of drug-likeness (QED) is 0.744. The van der Waals surface area contributed by atoms with Crippen molar-refractivity contribution in [3.63, 3.8) is 0 Å². The first-order valence-electron chi connectivity index (χ1n) is 7.77. The van der Waals surface area contributed by atoms with Gasteiger partial charge in [-0.2, -0.15) is 0 Å². The summed E-state index contributed by atoms with van der Waals surface area (Å²) >= 11 is 0. The number of urea groups is 1. The van der Waals surface area contributed by atoms with Crippen molar-refractivity contribution in [1.29, 1.82) is 0 Å². The third-order valence-corrected chi connectivity index (χ3v) is 5.97. The molecule has 0 bridgehead atoms. The van der Waals surface area contributed by atoms with Gasteiger partial charge in [0.2, 0.25) is 0 Å². The molecule has 2 unspecified atom stereocenters. The maximum atomic E-state index is 12.2. The van der Waals surface area contributed by atoms with Gasteiger partial charge in [-0.05, 0) is 48.9 Å². The summed E-state index contributed by atoms with van der Waals surface area (Å²) in [4.78, 5) is 22.6. The second-order valence-corrected chi connectivity index (χ2v) is 7.91. The predicted molar refractivity (Wildman–Crippen MR) is 84.7 cm³/mol. The maximum absolute atomic E-state index is 12.2. The second-order valence-electron chi connectivity index (χ2n) is 6.23. The van der Waals surface area contributed by atoms with E-state index in [4.69, 9.17) is 5.11 Å². The zero-order valence-corrected chi connectivity index (χ0v) is 13.8. The molecule has 1 saturated heterocycles. The van der Waals surface area contributed by atoms with Gasteiger partial charge in [0.05, 0.1) is 10.5 Å². The molecule has 1 heterocycles. The van der Waals surface area contributed by atoms with Gasteiger partial charge in [-0.3, -0.25) is 5.43 Å². The molecular formula is C15H19N3O5S. The summed E-state index contributed by atoms with van der Waals surface area (Å²) in [7, 11) is -4.04. The summed E-state index contributed by atoms with van der Waals surface area (Å²) in [5.74, 6) is 0.000160. The van der Waals surface area contributed by atoms with E-state index >= 15 is 0 Å². The van der Waals surface area contributed by atoms with Crippen LogP contribution in [-0.2, 0) is 10.0 Å². The van der Waals surface area contributed by atoms with Crippen LogP contribution in [0.1, 0.15) is 29.6 Å². The molecule has 3 rings (SSSR count). The summed E-state index contributed by atoms with van der Waals surface area (Å²) in [5, 5.41) is 10.6. The number of carboxylic acids is 1. The lowest BCUT2D eigenvalue weighted by molar-refractivity contribution is 0.0696. The molecule has 9 heteroatoms. The molecule has 1 saturated carbocycles. The van der Waals surface area contributed by atoms with E-state index in [0.717, 1.165) is 38.1 Å². The Labute approximate surface area is 139 Å². The van der Waals surface area contributed by atoms with Crippen LogP contribution in [-0.4, -0.2) is 43.6 Å². The van der Waals surface area contributed by atoms with Crippen molar-refractivity contribution in [2.75, 3.05) is 13.1 Å².